The van der Waals surface area contributed by atoms with Gasteiger partial charge in [-0.05, 0) is 19.3 Å². The standard InChI is InChI=1S/C11H19N/c1-3-8-12-10(2)9-11-6-4-5-7-11/h1,10-12H,4-9H2,2H3. The molecule has 1 aliphatic rings. The van der Waals surface area contributed by atoms with Crippen molar-refractivity contribution in [1.29, 1.82) is 0 Å². The van der Waals surface area contributed by atoms with Crippen molar-refractivity contribution in [2.75, 3.05) is 6.54 Å². The van der Waals surface area contributed by atoms with E-state index in [1.165, 1.54) is 32.1 Å². The molecular weight excluding hydrogens is 146 g/mol. The van der Waals surface area contributed by atoms with Crippen molar-refractivity contribution in [3.05, 3.63) is 0 Å². The van der Waals surface area contributed by atoms with Crippen LogP contribution in [0.25, 0.3) is 0 Å². The molecule has 0 heterocycles. The van der Waals surface area contributed by atoms with E-state index in [4.69, 9.17) is 6.42 Å². The minimum atomic E-state index is 0.601. The molecule has 1 N–H and O–H groups in total. The van der Waals surface area contributed by atoms with Crippen molar-refractivity contribution < 1.29 is 0 Å². The van der Waals surface area contributed by atoms with Gasteiger partial charge in [-0.25, -0.2) is 0 Å². The van der Waals surface area contributed by atoms with Crippen LogP contribution in [0.4, 0.5) is 0 Å². The first-order valence-electron chi connectivity index (χ1n) is 4.99. The maximum absolute atomic E-state index is 5.17. The normalized spacial score (nSPS) is 20.7. The van der Waals surface area contributed by atoms with Gasteiger partial charge in [-0.2, -0.15) is 0 Å². The summed E-state index contributed by atoms with van der Waals surface area (Å²) >= 11 is 0. The van der Waals surface area contributed by atoms with Crippen LogP contribution in [0.2, 0.25) is 0 Å². The van der Waals surface area contributed by atoms with Crippen LogP contribution in [-0.4, -0.2) is 12.6 Å². The van der Waals surface area contributed by atoms with Gasteiger partial charge in [0.2, 0.25) is 0 Å². The Kier molecular flexibility index (Phi) is 4.18. The molecule has 1 rings (SSSR count). The van der Waals surface area contributed by atoms with Crippen molar-refractivity contribution in [3.63, 3.8) is 0 Å². The van der Waals surface area contributed by atoms with Gasteiger partial charge in [0.05, 0.1) is 6.54 Å². The molecule has 0 aromatic rings. The van der Waals surface area contributed by atoms with Gasteiger partial charge in [0.25, 0.3) is 0 Å². The third-order valence-corrected chi connectivity index (χ3v) is 2.71. The highest BCUT2D eigenvalue weighted by molar-refractivity contribution is 4.88. The van der Waals surface area contributed by atoms with E-state index in [9.17, 15) is 0 Å². The molecule has 1 unspecified atom stereocenters. The van der Waals surface area contributed by atoms with Gasteiger partial charge >= 0.3 is 0 Å². The lowest BCUT2D eigenvalue weighted by molar-refractivity contribution is 0.417. The highest BCUT2D eigenvalue weighted by atomic mass is 14.9. The number of terminal acetylenes is 1. The van der Waals surface area contributed by atoms with Crippen molar-refractivity contribution in [1.82, 2.24) is 5.32 Å². The third-order valence-electron chi connectivity index (χ3n) is 2.71. The summed E-state index contributed by atoms with van der Waals surface area (Å²) in [4.78, 5) is 0. The summed E-state index contributed by atoms with van der Waals surface area (Å²) in [6, 6.07) is 0.601. The minimum Gasteiger partial charge on any atom is -0.304 e. The smallest absolute Gasteiger partial charge is 0.0575 e. The highest BCUT2D eigenvalue weighted by Crippen LogP contribution is 2.28. The fourth-order valence-corrected chi connectivity index (χ4v) is 2.06. The molecule has 0 aromatic heterocycles. The Bertz CT molecular complexity index is 151. The van der Waals surface area contributed by atoms with Crippen LogP contribution in [0.5, 0.6) is 0 Å². The van der Waals surface area contributed by atoms with Crippen molar-refractivity contribution in [3.8, 4) is 12.3 Å². The zero-order valence-electron chi connectivity index (χ0n) is 7.97. The number of hydrogen-bond acceptors (Lipinski definition) is 1. The van der Waals surface area contributed by atoms with Crippen LogP contribution in [0, 0.1) is 18.3 Å². The van der Waals surface area contributed by atoms with Crippen LogP contribution in [0.3, 0.4) is 0 Å². The van der Waals surface area contributed by atoms with Crippen LogP contribution in [0.1, 0.15) is 39.0 Å². The van der Waals surface area contributed by atoms with E-state index in [1.807, 2.05) is 0 Å². The molecule has 0 saturated heterocycles. The Morgan fingerprint density at radius 3 is 2.75 bits per heavy atom. The summed E-state index contributed by atoms with van der Waals surface area (Å²) in [5.41, 5.74) is 0. The third kappa shape index (κ3) is 3.28. The maximum Gasteiger partial charge on any atom is 0.0575 e. The Morgan fingerprint density at radius 2 is 2.17 bits per heavy atom. The summed E-state index contributed by atoms with van der Waals surface area (Å²) in [6.07, 6.45) is 12.2. The fraction of sp³-hybridized carbons (Fsp3) is 0.818. The Morgan fingerprint density at radius 1 is 1.50 bits per heavy atom. The molecule has 0 aliphatic heterocycles. The van der Waals surface area contributed by atoms with E-state index in [1.54, 1.807) is 0 Å². The van der Waals surface area contributed by atoms with Gasteiger partial charge in [0, 0.05) is 6.04 Å². The number of nitrogens with one attached hydrogen (secondary N) is 1. The molecule has 0 amide bonds. The zero-order chi connectivity index (χ0) is 8.81. The highest BCUT2D eigenvalue weighted by Gasteiger charge is 2.16. The van der Waals surface area contributed by atoms with Crippen molar-refractivity contribution in [2.24, 2.45) is 5.92 Å². The van der Waals surface area contributed by atoms with Gasteiger partial charge in [-0.15, -0.1) is 6.42 Å². The van der Waals surface area contributed by atoms with Gasteiger partial charge in [0.1, 0.15) is 0 Å². The molecule has 1 nitrogen and oxygen atoms in total. The predicted molar refractivity (Wildman–Crippen MR) is 52.9 cm³/mol. The summed E-state index contributed by atoms with van der Waals surface area (Å²) in [6.45, 7) is 2.95. The quantitative estimate of drug-likeness (QED) is 0.630. The molecule has 1 aliphatic carbocycles. The Balaban J connectivity index is 2.08. The summed E-state index contributed by atoms with van der Waals surface area (Å²) in [5, 5.41) is 3.32. The monoisotopic (exact) mass is 165 g/mol. The molecular formula is C11H19N. The molecule has 68 valence electrons. The van der Waals surface area contributed by atoms with E-state index in [-0.39, 0.29) is 0 Å². The van der Waals surface area contributed by atoms with Crippen LogP contribution >= 0.6 is 0 Å². The molecule has 0 aromatic carbocycles. The summed E-state index contributed by atoms with van der Waals surface area (Å²) < 4.78 is 0. The van der Waals surface area contributed by atoms with Crippen molar-refractivity contribution in [2.45, 2.75) is 45.1 Å². The first kappa shape index (κ1) is 9.61. The van der Waals surface area contributed by atoms with Gasteiger partial charge < -0.3 is 5.32 Å². The zero-order valence-corrected chi connectivity index (χ0v) is 7.97. The lowest BCUT2D eigenvalue weighted by Gasteiger charge is -2.16. The largest absolute Gasteiger partial charge is 0.304 e. The molecule has 1 fully saturated rings. The molecule has 0 bridgehead atoms. The Labute approximate surface area is 75.9 Å². The Hall–Kier alpha value is -0.480. The lowest BCUT2D eigenvalue weighted by atomic mass is 9.99. The van der Waals surface area contributed by atoms with E-state index in [2.05, 4.69) is 18.2 Å². The molecule has 1 atom stereocenters. The SMILES string of the molecule is C#CCNC(C)CC1CCCC1. The summed E-state index contributed by atoms with van der Waals surface area (Å²) in [5.74, 6) is 3.58. The second-order valence-electron chi connectivity index (χ2n) is 3.87. The van der Waals surface area contributed by atoms with Gasteiger partial charge in [-0.1, -0.05) is 31.6 Å². The minimum absolute atomic E-state index is 0.601. The summed E-state index contributed by atoms with van der Waals surface area (Å²) in [7, 11) is 0. The maximum atomic E-state index is 5.17. The van der Waals surface area contributed by atoms with E-state index in [0.717, 1.165) is 5.92 Å². The molecule has 1 heteroatoms. The van der Waals surface area contributed by atoms with Crippen LogP contribution < -0.4 is 5.32 Å². The predicted octanol–water partition coefficient (Wildman–Crippen LogP) is 2.18. The topological polar surface area (TPSA) is 12.0 Å². The first-order valence-corrected chi connectivity index (χ1v) is 4.99. The molecule has 1 saturated carbocycles. The van der Waals surface area contributed by atoms with Crippen LogP contribution in [0.15, 0.2) is 0 Å². The second-order valence-corrected chi connectivity index (χ2v) is 3.87. The first-order chi connectivity index (χ1) is 5.83. The second kappa shape index (κ2) is 5.22. The number of rotatable bonds is 4. The van der Waals surface area contributed by atoms with Crippen LogP contribution in [-0.2, 0) is 0 Å². The molecule has 12 heavy (non-hydrogen) atoms. The molecule has 0 radical (unpaired) electrons. The average molecular weight is 165 g/mol. The van der Waals surface area contributed by atoms with E-state index < -0.39 is 0 Å². The van der Waals surface area contributed by atoms with Crippen molar-refractivity contribution >= 4 is 0 Å². The fourth-order valence-electron chi connectivity index (χ4n) is 2.06. The van der Waals surface area contributed by atoms with E-state index in [0.29, 0.717) is 12.6 Å². The average Bonchev–Trinajstić information content (AvgIpc) is 2.53. The molecule has 0 spiro atoms. The van der Waals surface area contributed by atoms with Gasteiger partial charge in [0.15, 0.2) is 0 Å². The number of hydrogen-bond donors (Lipinski definition) is 1. The lowest BCUT2D eigenvalue weighted by Crippen LogP contribution is -2.28. The van der Waals surface area contributed by atoms with Gasteiger partial charge in [-0.3, -0.25) is 0 Å². The van der Waals surface area contributed by atoms with E-state index >= 15 is 0 Å².